The molecule has 0 bridgehead atoms. The highest BCUT2D eigenvalue weighted by molar-refractivity contribution is 6.78. The van der Waals surface area contributed by atoms with Crippen LogP contribution in [0, 0.1) is 0 Å². The fourth-order valence-electron chi connectivity index (χ4n) is 6.90. The molecular weight excluding hydrogens is 599 g/mol. The van der Waals surface area contributed by atoms with Crippen molar-refractivity contribution in [2.24, 2.45) is 5.73 Å². The fourth-order valence-corrected chi connectivity index (χ4v) is 12.9. The monoisotopic (exact) mass is 651 g/mol. The lowest BCUT2D eigenvalue weighted by molar-refractivity contribution is -0.122. The molecule has 2 amide bonds. The van der Waals surface area contributed by atoms with E-state index in [1.54, 1.807) is 23.0 Å². The molecule has 0 saturated carbocycles. The van der Waals surface area contributed by atoms with Gasteiger partial charge in [-0.25, -0.2) is 0 Å². The molecule has 246 valence electrons. The van der Waals surface area contributed by atoms with Gasteiger partial charge in [0.05, 0.1) is 18.4 Å². The summed E-state index contributed by atoms with van der Waals surface area (Å²) in [6.07, 6.45) is 2.24. The smallest absolute Gasteiger partial charge is 0.260 e. The molecule has 0 unspecified atom stereocenters. The third kappa shape index (κ3) is 7.09. The molecule has 0 aromatic heterocycles. The molecule has 0 spiro atoms. The van der Waals surface area contributed by atoms with Crippen molar-refractivity contribution in [3.05, 3.63) is 59.3 Å². The Morgan fingerprint density at radius 3 is 2.09 bits per heavy atom. The van der Waals surface area contributed by atoms with Gasteiger partial charge < -0.3 is 24.5 Å². The number of fused-ring (bicyclic) bond motifs is 2. The lowest BCUT2D eigenvalue weighted by Crippen LogP contribution is -2.50. The van der Waals surface area contributed by atoms with E-state index in [-0.39, 0.29) is 18.5 Å². The van der Waals surface area contributed by atoms with E-state index in [4.69, 9.17) is 19.6 Å². The molecule has 0 aliphatic carbocycles. The van der Waals surface area contributed by atoms with E-state index in [0.717, 1.165) is 22.7 Å². The van der Waals surface area contributed by atoms with E-state index in [0.29, 0.717) is 58.9 Å². The molecule has 0 saturated heterocycles. The Labute approximate surface area is 272 Å². The molecule has 4 rings (SSSR count). The second kappa shape index (κ2) is 13.8. The van der Waals surface area contributed by atoms with E-state index in [2.05, 4.69) is 61.2 Å². The molecule has 2 aliphatic rings. The van der Waals surface area contributed by atoms with Crippen molar-refractivity contribution in [3.63, 3.8) is 0 Å². The van der Waals surface area contributed by atoms with Gasteiger partial charge in [0.2, 0.25) is 0 Å². The topological polar surface area (TPSA) is 94.3 Å². The predicted molar refractivity (Wildman–Crippen MR) is 188 cm³/mol. The van der Waals surface area contributed by atoms with E-state index in [1.165, 1.54) is 0 Å². The Hall–Kier alpha value is -2.93. The Morgan fingerprint density at radius 2 is 1.56 bits per heavy atom. The van der Waals surface area contributed by atoms with Gasteiger partial charge >= 0.3 is 0 Å². The van der Waals surface area contributed by atoms with Crippen molar-refractivity contribution in [1.82, 2.24) is 4.90 Å². The number of amides is 2. The highest BCUT2D eigenvalue weighted by Crippen LogP contribution is 2.47. The summed E-state index contributed by atoms with van der Waals surface area (Å²) in [7, 11) is -2.13. The van der Waals surface area contributed by atoms with E-state index >= 15 is 0 Å². The lowest BCUT2D eigenvalue weighted by atomic mass is 10.0. The average molecular weight is 652 g/mol. The van der Waals surface area contributed by atoms with Crippen LogP contribution in [-0.4, -0.2) is 59.6 Å². The summed E-state index contributed by atoms with van der Waals surface area (Å²) in [6, 6.07) is 11.9. The number of hydrogen-bond donors (Lipinski definition) is 1. The summed E-state index contributed by atoms with van der Waals surface area (Å²) in [5, 5.41) is 0. The van der Waals surface area contributed by atoms with Crippen molar-refractivity contribution in [2.75, 3.05) is 25.3 Å². The molecule has 2 aliphatic heterocycles. The number of nitrogens with two attached hydrogens (primary N) is 1. The van der Waals surface area contributed by atoms with Crippen LogP contribution in [0.5, 0.6) is 11.5 Å². The van der Waals surface area contributed by atoms with Crippen LogP contribution in [0.25, 0.3) is 5.57 Å². The zero-order chi connectivity index (χ0) is 33.3. The molecule has 45 heavy (non-hydrogen) atoms. The largest absolute Gasteiger partial charge is 0.540 e. The first-order valence-corrected chi connectivity index (χ1v) is 22.1. The number of carbonyl (C=O) groups excluding carboxylic acids is 2. The van der Waals surface area contributed by atoms with Gasteiger partial charge in [0, 0.05) is 39.9 Å². The molecular formula is C35H53N3O5Si2. The van der Waals surface area contributed by atoms with Gasteiger partial charge in [-0.2, -0.15) is 0 Å². The molecule has 0 fully saturated rings. The lowest BCUT2D eigenvalue weighted by Gasteiger charge is -2.42. The van der Waals surface area contributed by atoms with Crippen LogP contribution in [0.2, 0.25) is 42.3 Å². The van der Waals surface area contributed by atoms with Crippen LogP contribution in [0.1, 0.15) is 69.4 Å². The number of nitrogens with zero attached hydrogens (tertiary/aromatic N) is 2. The second-order valence-corrected chi connectivity index (χ2v) is 25.5. The summed E-state index contributed by atoms with van der Waals surface area (Å²) in [4.78, 5) is 32.0. The van der Waals surface area contributed by atoms with E-state index < -0.39 is 22.4 Å². The predicted octanol–water partition coefficient (Wildman–Crippen LogP) is 7.62. The Kier molecular flexibility index (Phi) is 10.7. The maximum atomic E-state index is 14.4. The zero-order valence-electron chi connectivity index (χ0n) is 28.9. The van der Waals surface area contributed by atoms with Gasteiger partial charge in [-0.1, -0.05) is 85.4 Å². The zero-order valence-corrected chi connectivity index (χ0v) is 30.9. The summed E-state index contributed by atoms with van der Waals surface area (Å²) < 4.78 is 19.1. The molecule has 10 heteroatoms. The highest BCUT2D eigenvalue weighted by Gasteiger charge is 2.48. The fraction of sp³-hybridized carbons (Fsp3) is 0.543. The summed E-state index contributed by atoms with van der Waals surface area (Å²) in [6.45, 7) is 21.4. The average Bonchev–Trinajstić information content (AvgIpc) is 3.41. The Morgan fingerprint density at radius 1 is 0.933 bits per heavy atom. The second-order valence-electron chi connectivity index (χ2n) is 14.5. The minimum absolute atomic E-state index is 0.0569. The van der Waals surface area contributed by atoms with Crippen LogP contribution in [0.4, 0.5) is 5.69 Å². The quantitative estimate of drug-likeness (QED) is 0.177. The van der Waals surface area contributed by atoms with E-state index in [1.807, 2.05) is 36.5 Å². The molecule has 2 aromatic rings. The number of carbonyl (C=O) groups is 2. The van der Waals surface area contributed by atoms with Gasteiger partial charge in [0.1, 0.15) is 18.5 Å². The number of benzene rings is 2. The first-order valence-electron chi connectivity index (χ1n) is 16.3. The van der Waals surface area contributed by atoms with Crippen LogP contribution in [0.15, 0.2) is 42.6 Å². The van der Waals surface area contributed by atoms with Crippen LogP contribution < -0.4 is 19.8 Å². The molecule has 2 aromatic carbocycles. The number of ether oxygens (including phenoxy) is 2. The van der Waals surface area contributed by atoms with Gasteiger partial charge in [0.15, 0.2) is 5.75 Å². The number of rotatable bonds is 13. The maximum Gasteiger partial charge on any atom is 0.260 e. The van der Waals surface area contributed by atoms with E-state index in [9.17, 15) is 9.59 Å². The number of methoxy groups -OCH3 is 1. The van der Waals surface area contributed by atoms with Gasteiger partial charge in [-0.3, -0.25) is 14.5 Å². The molecule has 1 atom stereocenters. The first kappa shape index (κ1) is 34.9. The third-order valence-corrected chi connectivity index (χ3v) is 17.1. The third-order valence-electron chi connectivity index (χ3n) is 9.40. The van der Waals surface area contributed by atoms with Gasteiger partial charge in [0.25, 0.3) is 20.1 Å². The van der Waals surface area contributed by atoms with Crippen molar-refractivity contribution in [3.8, 4) is 11.5 Å². The first-order chi connectivity index (χ1) is 21.1. The Bertz CT molecular complexity index is 1390. The van der Waals surface area contributed by atoms with Crippen molar-refractivity contribution >= 4 is 39.5 Å². The van der Waals surface area contributed by atoms with Crippen LogP contribution in [0.3, 0.4) is 0 Å². The van der Waals surface area contributed by atoms with Gasteiger partial charge in [-0.15, -0.1) is 0 Å². The van der Waals surface area contributed by atoms with Crippen LogP contribution in [-0.2, 0) is 16.1 Å². The minimum Gasteiger partial charge on any atom is -0.540 e. The minimum atomic E-state index is -2.38. The molecule has 8 nitrogen and oxygen atoms in total. The molecule has 0 radical (unpaired) electrons. The normalized spacial score (nSPS) is 17.2. The van der Waals surface area contributed by atoms with Crippen LogP contribution >= 0.6 is 0 Å². The standard InChI is InChI=1S/C35H53N3O5Si2/c1-23(2)45(24(3)4,25(5)6)43-33-19-30-29(18-32(33)41-7)34(39)37-21-28(27-13-11-26(20-36)12-14-27)17-31(37)35(40)38(30)22-42-15-16-44(8,9)10/h11-14,18-19,21,23-25,31H,15-17,20,22,36H2,1-10H3/t31-/m0/s1. The van der Waals surface area contributed by atoms with Gasteiger partial charge in [-0.05, 0) is 45.4 Å². The molecule has 2 N–H and O–H groups in total. The summed E-state index contributed by atoms with van der Waals surface area (Å²) >= 11 is 0. The molecule has 2 heterocycles. The van der Waals surface area contributed by atoms with Crippen molar-refractivity contribution in [2.45, 2.75) is 103 Å². The van der Waals surface area contributed by atoms with Crippen molar-refractivity contribution < 1.29 is 23.5 Å². The van der Waals surface area contributed by atoms with Crippen molar-refractivity contribution in [1.29, 1.82) is 0 Å². The summed E-state index contributed by atoms with van der Waals surface area (Å²) in [5.74, 6) is 0.653. The summed E-state index contributed by atoms with van der Waals surface area (Å²) in [5.41, 5.74) is 10.6. The number of anilines is 1. The Balaban J connectivity index is 1.82. The highest BCUT2D eigenvalue weighted by atomic mass is 28.4. The maximum absolute atomic E-state index is 14.4. The number of hydrogen-bond acceptors (Lipinski definition) is 6. The SMILES string of the molecule is COc1cc2c(cc1O[Si](C(C)C)(C(C)C)C(C)C)N(COCC[Si](C)(C)C)C(=O)[C@@H]1CC(c3ccc(CN)cc3)=CN1C2=O.